The highest BCUT2D eigenvalue weighted by atomic mass is 16.6. The number of nitrogens with zero attached hydrogens (tertiary/aromatic N) is 1. The number of hydrogen-bond donors (Lipinski definition) is 0. The van der Waals surface area contributed by atoms with Crippen LogP contribution in [0.5, 0.6) is 17.2 Å². The Morgan fingerprint density at radius 1 is 1.08 bits per heavy atom. The molecule has 130 valence electrons. The minimum atomic E-state index is 0.0556. The second-order valence-electron chi connectivity index (χ2n) is 6.29. The van der Waals surface area contributed by atoms with Crippen LogP contribution in [-0.4, -0.2) is 37.7 Å². The van der Waals surface area contributed by atoms with Crippen molar-refractivity contribution in [1.29, 1.82) is 0 Å². The van der Waals surface area contributed by atoms with Crippen LogP contribution in [0.1, 0.15) is 34.8 Å². The normalized spacial score (nSPS) is 18.9. The van der Waals surface area contributed by atoms with Gasteiger partial charge in [-0.1, -0.05) is 6.07 Å². The molecule has 4 rings (SSSR count). The highest BCUT2D eigenvalue weighted by molar-refractivity contribution is 5.94. The first kappa shape index (κ1) is 15.8. The molecule has 0 aliphatic carbocycles. The van der Waals surface area contributed by atoms with E-state index in [1.54, 1.807) is 7.11 Å². The SMILES string of the molecule is COc1ccc(C(=O)N2CCC[C@H]2c2ccc3c(c2)OCCO3)cc1. The predicted octanol–water partition coefficient (Wildman–Crippen LogP) is 3.44. The van der Waals surface area contributed by atoms with Crippen molar-refractivity contribution in [3.05, 3.63) is 53.6 Å². The molecular weight excluding hydrogens is 318 g/mol. The molecule has 0 unspecified atom stereocenters. The molecule has 0 saturated carbocycles. The number of benzene rings is 2. The van der Waals surface area contributed by atoms with Crippen molar-refractivity contribution in [2.45, 2.75) is 18.9 Å². The zero-order valence-corrected chi connectivity index (χ0v) is 14.2. The molecule has 1 saturated heterocycles. The Bertz CT molecular complexity index is 772. The van der Waals surface area contributed by atoms with E-state index in [9.17, 15) is 4.79 Å². The van der Waals surface area contributed by atoms with Crippen molar-refractivity contribution in [3.8, 4) is 17.2 Å². The van der Waals surface area contributed by atoms with Crippen LogP contribution in [0.2, 0.25) is 0 Å². The summed E-state index contributed by atoms with van der Waals surface area (Å²) < 4.78 is 16.4. The average Bonchev–Trinajstić information content (AvgIpc) is 3.17. The largest absolute Gasteiger partial charge is 0.497 e. The Balaban J connectivity index is 1.58. The standard InChI is InChI=1S/C20H21NO4/c1-23-16-7-4-14(5-8-16)20(22)21-10-2-3-17(21)15-6-9-18-19(13-15)25-12-11-24-18/h4-9,13,17H,2-3,10-12H2,1H3/t17-/m0/s1. The molecule has 0 aromatic heterocycles. The fourth-order valence-electron chi connectivity index (χ4n) is 3.52. The van der Waals surface area contributed by atoms with Crippen LogP contribution in [-0.2, 0) is 0 Å². The lowest BCUT2D eigenvalue weighted by Gasteiger charge is -2.27. The number of ether oxygens (including phenoxy) is 3. The number of methoxy groups -OCH3 is 1. The van der Waals surface area contributed by atoms with Gasteiger partial charge in [0.1, 0.15) is 19.0 Å². The van der Waals surface area contributed by atoms with Crippen LogP contribution in [0.15, 0.2) is 42.5 Å². The monoisotopic (exact) mass is 339 g/mol. The average molecular weight is 339 g/mol. The van der Waals surface area contributed by atoms with Crippen LogP contribution in [0, 0.1) is 0 Å². The molecule has 0 radical (unpaired) electrons. The zero-order chi connectivity index (χ0) is 17.2. The Morgan fingerprint density at radius 2 is 1.84 bits per heavy atom. The smallest absolute Gasteiger partial charge is 0.254 e. The summed E-state index contributed by atoms with van der Waals surface area (Å²) in [5, 5.41) is 0. The summed E-state index contributed by atoms with van der Waals surface area (Å²) in [6, 6.07) is 13.4. The zero-order valence-electron chi connectivity index (χ0n) is 14.2. The van der Waals surface area contributed by atoms with Gasteiger partial charge in [-0.2, -0.15) is 0 Å². The van der Waals surface area contributed by atoms with E-state index in [4.69, 9.17) is 14.2 Å². The van der Waals surface area contributed by atoms with Crippen LogP contribution in [0.3, 0.4) is 0 Å². The number of likely N-dealkylation sites (tertiary alicyclic amines) is 1. The molecule has 2 aromatic rings. The van der Waals surface area contributed by atoms with Gasteiger partial charge in [0.05, 0.1) is 13.2 Å². The summed E-state index contributed by atoms with van der Waals surface area (Å²) in [4.78, 5) is 14.9. The molecule has 1 fully saturated rings. The number of carbonyl (C=O) groups is 1. The van der Waals surface area contributed by atoms with E-state index in [-0.39, 0.29) is 11.9 Å². The summed E-state index contributed by atoms with van der Waals surface area (Å²) in [6.07, 6.45) is 1.96. The number of carbonyl (C=O) groups excluding carboxylic acids is 1. The molecule has 2 heterocycles. The second-order valence-corrected chi connectivity index (χ2v) is 6.29. The lowest BCUT2D eigenvalue weighted by Crippen LogP contribution is -2.30. The van der Waals surface area contributed by atoms with Crippen molar-refractivity contribution in [2.75, 3.05) is 26.9 Å². The lowest BCUT2D eigenvalue weighted by atomic mass is 10.0. The van der Waals surface area contributed by atoms with Gasteiger partial charge in [-0.05, 0) is 54.8 Å². The maximum Gasteiger partial charge on any atom is 0.254 e. The fraction of sp³-hybridized carbons (Fsp3) is 0.350. The van der Waals surface area contributed by atoms with Crippen molar-refractivity contribution >= 4 is 5.91 Å². The molecule has 25 heavy (non-hydrogen) atoms. The van der Waals surface area contributed by atoms with Crippen molar-refractivity contribution in [1.82, 2.24) is 4.90 Å². The topological polar surface area (TPSA) is 48.0 Å². The molecule has 2 aliphatic heterocycles. The number of hydrogen-bond acceptors (Lipinski definition) is 4. The highest BCUT2D eigenvalue weighted by Crippen LogP contribution is 2.38. The van der Waals surface area contributed by atoms with Gasteiger partial charge in [0, 0.05) is 12.1 Å². The van der Waals surface area contributed by atoms with E-state index in [0.29, 0.717) is 18.8 Å². The van der Waals surface area contributed by atoms with Gasteiger partial charge in [0.2, 0.25) is 0 Å². The minimum Gasteiger partial charge on any atom is -0.497 e. The fourth-order valence-corrected chi connectivity index (χ4v) is 3.52. The maximum atomic E-state index is 12.9. The van der Waals surface area contributed by atoms with Gasteiger partial charge < -0.3 is 19.1 Å². The van der Waals surface area contributed by atoms with E-state index >= 15 is 0 Å². The van der Waals surface area contributed by atoms with Crippen molar-refractivity contribution in [2.24, 2.45) is 0 Å². The summed E-state index contributed by atoms with van der Waals surface area (Å²) in [5.74, 6) is 2.36. The second kappa shape index (κ2) is 6.67. The quantitative estimate of drug-likeness (QED) is 0.859. The van der Waals surface area contributed by atoms with E-state index in [1.807, 2.05) is 47.4 Å². The first-order valence-corrected chi connectivity index (χ1v) is 8.61. The van der Waals surface area contributed by atoms with E-state index < -0.39 is 0 Å². The first-order valence-electron chi connectivity index (χ1n) is 8.61. The molecule has 2 aliphatic rings. The van der Waals surface area contributed by atoms with Crippen LogP contribution < -0.4 is 14.2 Å². The van der Waals surface area contributed by atoms with E-state index in [1.165, 1.54) is 0 Å². The van der Waals surface area contributed by atoms with Crippen LogP contribution >= 0.6 is 0 Å². The molecule has 1 atom stereocenters. The van der Waals surface area contributed by atoms with E-state index in [0.717, 1.165) is 42.2 Å². The van der Waals surface area contributed by atoms with Gasteiger partial charge in [-0.15, -0.1) is 0 Å². The van der Waals surface area contributed by atoms with Gasteiger partial charge in [0.15, 0.2) is 11.5 Å². The Kier molecular flexibility index (Phi) is 4.22. The van der Waals surface area contributed by atoms with Gasteiger partial charge in [-0.3, -0.25) is 4.79 Å². The van der Waals surface area contributed by atoms with Gasteiger partial charge >= 0.3 is 0 Å². The molecule has 0 bridgehead atoms. The van der Waals surface area contributed by atoms with Crippen LogP contribution in [0.4, 0.5) is 0 Å². The molecule has 5 heteroatoms. The Hall–Kier alpha value is -2.69. The Labute approximate surface area is 147 Å². The highest BCUT2D eigenvalue weighted by Gasteiger charge is 2.31. The maximum absolute atomic E-state index is 12.9. The lowest BCUT2D eigenvalue weighted by molar-refractivity contribution is 0.0735. The van der Waals surface area contributed by atoms with Crippen molar-refractivity contribution < 1.29 is 19.0 Å². The first-order chi connectivity index (χ1) is 12.3. The van der Waals surface area contributed by atoms with Gasteiger partial charge in [0.25, 0.3) is 5.91 Å². The molecule has 0 N–H and O–H groups in total. The third-order valence-corrected chi connectivity index (χ3v) is 4.80. The minimum absolute atomic E-state index is 0.0556. The Morgan fingerprint density at radius 3 is 2.60 bits per heavy atom. The number of amides is 1. The molecule has 1 amide bonds. The number of fused-ring (bicyclic) bond motifs is 1. The van der Waals surface area contributed by atoms with Gasteiger partial charge in [-0.25, -0.2) is 0 Å². The predicted molar refractivity (Wildman–Crippen MR) is 93.4 cm³/mol. The number of rotatable bonds is 3. The molecule has 0 spiro atoms. The summed E-state index contributed by atoms with van der Waals surface area (Å²) in [5.41, 5.74) is 1.79. The summed E-state index contributed by atoms with van der Waals surface area (Å²) >= 11 is 0. The van der Waals surface area contributed by atoms with Crippen LogP contribution in [0.25, 0.3) is 0 Å². The molecular formula is C20H21NO4. The van der Waals surface area contributed by atoms with E-state index in [2.05, 4.69) is 0 Å². The third kappa shape index (κ3) is 3.02. The summed E-state index contributed by atoms with van der Waals surface area (Å²) in [7, 11) is 1.62. The third-order valence-electron chi connectivity index (χ3n) is 4.80. The molecule has 2 aromatic carbocycles. The molecule has 5 nitrogen and oxygen atoms in total. The summed E-state index contributed by atoms with van der Waals surface area (Å²) in [6.45, 7) is 1.91. The van der Waals surface area contributed by atoms with Crippen molar-refractivity contribution in [3.63, 3.8) is 0 Å².